The quantitative estimate of drug-likeness (QED) is 0.352. The number of sulfonamides is 1. The number of fused-ring (bicyclic) bond motifs is 1. The summed E-state index contributed by atoms with van der Waals surface area (Å²) >= 11 is 7.04. The molecule has 0 aliphatic carbocycles. The van der Waals surface area contributed by atoms with Crippen molar-refractivity contribution < 1.29 is 17.7 Å². The van der Waals surface area contributed by atoms with Gasteiger partial charge in [-0.1, -0.05) is 11.6 Å². The molecule has 0 unspecified atom stereocenters. The average Bonchev–Trinajstić information content (AvgIpc) is 3.25. The molecule has 29 heavy (non-hydrogen) atoms. The van der Waals surface area contributed by atoms with Gasteiger partial charge in [0, 0.05) is 28.2 Å². The molecule has 0 atom stereocenters. The van der Waals surface area contributed by atoms with E-state index >= 15 is 0 Å². The van der Waals surface area contributed by atoms with E-state index in [0.29, 0.717) is 10.5 Å². The molecule has 4 aromatic rings. The Labute approximate surface area is 172 Å². The van der Waals surface area contributed by atoms with Crippen molar-refractivity contribution in [3.05, 3.63) is 75.0 Å². The highest BCUT2D eigenvalue weighted by Gasteiger charge is 2.29. The van der Waals surface area contributed by atoms with Crippen molar-refractivity contribution in [2.75, 3.05) is 4.72 Å². The van der Waals surface area contributed by atoms with E-state index < -0.39 is 31.3 Å². The Bertz CT molecular complexity index is 1350. The van der Waals surface area contributed by atoms with Gasteiger partial charge in [0.15, 0.2) is 15.7 Å². The van der Waals surface area contributed by atoms with Gasteiger partial charge in [0.25, 0.3) is 15.7 Å². The molecule has 0 aliphatic heterocycles. The van der Waals surface area contributed by atoms with Crippen LogP contribution in [0.2, 0.25) is 5.02 Å². The van der Waals surface area contributed by atoms with Crippen LogP contribution in [0.25, 0.3) is 16.2 Å². The monoisotopic (exact) mass is 452 g/mol. The molecule has 0 amide bonds. The highest BCUT2D eigenvalue weighted by molar-refractivity contribution is 7.92. The Morgan fingerprint density at radius 3 is 2.62 bits per heavy atom. The number of nitro benzene ring substituents is 1. The zero-order valence-electron chi connectivity index (χ0n) is 14.2. The molecule has 0 saturated heterocycles. The van der Waals surface area contributed by atoms with Crippen molar-refractivity contribution >= 4 is 49.4 Å². The van der Waals surface area contributed by atoms with Crippen molar-refractivity contribution in [2.24, 2.45) is 0 Å². The predicted octanol–water partition coefficient (Wildman–Crippen LogP) is 4.56. The topological polar surface area (TPSA) is 107 Å². The van der Waals surface area contributed by atoms with Crippen LogP contribution in [-0.4, -0.2) is 22.7 Å². The molecule has 8 nitrogen and oxygen atoms in total. The minimum atomic E-state index is -4.36. The number of hydrogen-bond acceptors (Lipinski definition) is 6. The number of nitrogens with zero attached hydrogens (tertiary/aromatic N) is 3. The van der Waals surface area contributed by atoms with Gasteiger partial charge in [-0.05, 0) is 36.4 Å². The number of hydrogen-bond donors (Lipinski definition) is 1. The van der Waals surface area contributed by atoms with Gasteiger partial charge in [-0.25, -0.2) is 17.8 Å². The molecule has 0 bridgehead atoms. The van der Waals surface area contributed by atoms with E-state index in [1.165, 1.54) is 46.1 Å². The Balaban J connectivity index is 1.86. The summed E-state index contributed by atoms with van der Waals surface area (Å²) in [5, 5.41) is 13.1. The second-order valence-electron chi connectivity index (χ2n) is 5.85. The molecule has 2 aromatic carbocycles. The molecule has 0 aliphatic rings. The summed E-state index contributed by atoms with van der Waals surface area (Å²) in [6.45, 7) is 0. The molecule has 148 valence electrons. The first-order valence-electron chi connectivity index (χ1n) is 7.94. The summed E-state index contributed by atoms with van der Waals surface area (Å²) in [6, 6.07) is 8.66. The molecule has 12 heteroatoms. The van der Waals surface area contributed by atoms with Gasteiger partial charge in [-0.2, -0.15) is 0 Å². The lowest BCUT2D eigenvalue weighted by atomic mass is 10.1. The van der Waals surface area contributed by atoms with E-state index in [1.54, 1.807) is 11.6 Å². The Morgan fingerprint density at radius 1 is 1.21 bits per heavy atom. The summed E-state index contributed by atoms with van der Waals surface area (Å²) in [7, 11) is -4.36. The Morgan fingerprint density at radius 2 is 1.93 bits per heavy atom. The van der Waals surface area contributed by atoms with Gasteiger partial charge < -0.3 is 0 Å². The van der Waals surface area contributed by atoms with Crippen LogP contribution in [0, 0.1) is 15.9 Å². The van der Waals surface area contributed by atoms with Crippen LogP contribution in [0.4, 0.5) is 15.9 Å². The fraction of sp³-hybridized carbons (Fsp3) is 0. The first-order valence-corrected chi connectivity index (χ1v) is 10.7. The van der Waals surface area contributed by atoms with Gasteiger partial charge in [-0.3, -0.25) is 19.2 Å². The lowest BCUT2D eigenvalue weighted by Gasteiger charge is -2.10. The molecule has 0 saturated carbocycles. The first kappa shape index (κ1) is 19.3. The minimum absolute atomic E-state index is 0.0345. The number of nitrogens with one attached hydrogen (secondary N) is 1. The third-order valence-corrected chi connectivity index (χ3v) is 6.40. The number of aromatic nitrogens is 2. The zero-order chi connectivity index (χ0) is 20.8. The van der Waals surface area contributed by atoms with Crippen LogP contribution in [0.3, 0.4) is 0 Å². The lowest BCUT2D eigenvalue weighted by molar-refractivity contribution is -0.387. The molecular weight excluding hydrogens is 443 g/mol. The predicted molar refractivity (Wildman–Crippen MR) is 107 cm³/mol. The van der Waals surface area contributed by atoms with E-state index in [9.17, 15) is 22.9 Å². The van der Waals surface area contributed by atoms with Crippen LogP contribution in [-0.2, 0) is 10.0 Å². The molecule has 2 heterocycles. The maximum Gasteiger partial charge on any atom is 0.291 e. The van der Waals surface area contributed by atoms with Crippen LogP contribution < -0.4 is 4.72 Å². The molecule has 0 fully saturated rings. The molecule has 2 aromatic heterocycles. The third kappa shape index (κ3) is 3.55. The molecule has 0 radical (unpaired) electrons. The number of rotatable bonds is 5. The molecule has 0 spiro atoms. The van der Waals surface area contributed by atoms with E-state index in [0.717, 1.165) is 12.1 Å². The number of anilines is 1. The second-order valence-corrected chi connectivity index (χ2v) is 8.81. The second kappa shape index (κ2) is 7.10. The van der Waals surface area contributed by atoms with Crippen molar-refractivity contribution in [3.63, 3.8) is 0 Å². The molecule has 4 rings (SSSR count). The number of benzene rings is 2. The Kier molecular flexibility index (Phi) is 4.73. The highest BCUT2D eigenvalue weighted by atomic mass is 35.5. The normalized spacial score (nSPS) is 11.7. The van der Waals surface area contributed by atoms with Gasteiger partial charge >= 0.3 is 0 Å². The van der Waals surface area contributed by atoms with Crippen molar-refractivity contribution in [1.29, 1.82) is 0 Å². The maximum atomic E-state index is 13.3. The number of halogens is 2. The van der Waals surface area contributed by atoms with Crippen molar-refractivity contribution in [3.8, 4) is 11.3 Å². The summed E-state index contributed by atoms with van der Waals surface area (Å²) < 4.78 is 43.1. The summed E-state index contributed by atoms with van der Waals surface area (Å²) in [4.78, 5) is 14.8. The van der Waals surface area contributed by atoms with E-state index in [1.807, 2.05) is 0 Å². The SMILES string of the molecule is O=[N+]([O-])c1cc(Cl)ccc1S(=O)(=O)Nc1c(-c2ccc(F)cc2)nc2sccn12. The fourth-order valence-electron chi connectivity index (χ4n) is 2.74. The van der Waals surface area contributed by atoms with Crippen molar-refractivity contribution in [2.45, 2.75) is 4.90 Å². The van der Waals surface area contributed by atoms with E-state index in [-0.39, 0.29) is 16.5 Å². The van der Waals surface area contributed by atoms with Gasteiger partial charge in [0.2, 0.25) is 0 Å². The van der Waals surface area contributed by atoms with Crippen molar-refractivity contribution in [1.82, 2.24) is 9.38 Å². The first-order chi connectivity index (χ1) is 13.8. The maximum absolute atomic E-state index is 13.3. The van der Waals surface area contributed by atoms with Gasteiger partial charge in [0.1, 0.15) is 11.5 Å². The largest absolute Gasteiger partial charge is 0.291 e. The van der Waals surface area contributed by atoms with Crippen LogP contribution in [0.1, 0.15) is 0 Å². The number of nitro groups is 1. The van der Waals surface area contributed by atoms with Crippen LogP contribution in [0.5, 0.6) is 0 Å². The molecular formula is C17H10ClFN4O4S2. The van der Waals surface area contributed by atoms with Gasteiger partial charge in [0.05, 0.1) is 4.92 Å². The third-order valence-electron chi connectivity index (χ3n) is 4.02. The zero-order valence-corrected chi connectivity index (χ0v) is 16.6. The molecule has 1 N–H and O–H groups in total. The standard InChI is InChI=1S/C17H10ClFN4O4S2/c18-11-3-6-14(13(9-11)23(24)25)29(26,27)21-16-15(10-1-4-12(19)5-2-10)20-17-22(16)7-8-28-17/h1-9,21H. The van der Waals surface area contributed by atoms with E-state index in [2.05, 4.69) is 9.71 Å². The highest BCUT2D eigenvalue weighted by Crippen LogP contribution is 2.34. The summed E-state index contributed by atoms with van der Waals surface area (Å²) in [5.74, 6) is -0.370. The number of thiazole rings is 1. The average molecular weight is 453 g/mol. The van der Waals surface area contributed by atoms with E-state index in [4.69, 9.17) is 11.6 Å². The Hall–Kier alpha value is -3.02. The van der Waals surface area contributed by atoms with Crippen LogP contribution >= 0.6 is 22.9 Å². The number of imidazole rings is 1. The summed E-state index contributed by atoms with van der Waals surface area (Å²) in [6.07, 6.45) is 1.61. The fourth-order valence-corrected chi connectivity index (χ4v) is 4.83. The lowest BCUT2D eigenvalue weighted by Crippen LogP contribution is -2.16. The smallest absolute Gasteiger partial charge is 0.276 e. The van der Waals surface area contributed by atoms with Gasteiger partial charge in [-0.15, -0.1) is 11.3 Å². The van der Waals surface area contributed by atoms with Crippen LogP contribution in [0.15, 0.2) is 58.9 Å². The minimum Gasteiger partial charge on any atom is -0.276 e. The summed E-state index contributed by atoms with van der Waals surface area (Å²) in [5.41, 5.74) is 0.0852.